The van der Waals surface area contributed by atoms with E-state index in [0.717, 1.165) is 18.6 Å². The molecular weight excluding hydrogens is 422 g/mol. The van der Waals surface area contributed by atoms with Crippen LogP contribution in [0, 0.1) is 5.92 Å². The molecule has 1 aromatic carbocycles. The number of rotatable bonds is 3. The van der Waals surface area contributed by atoms with Gasteiger partial charge in [0.2, 0.25) is 0 Å². The number of carbonyl (C=O) groups is 1. The Bertz CT molecular complexity index is 785. The quantitative estimate of drug-likeness (QED) is 0.763. The summed E-state index contributed by atoms with van der Waals surface area (Å²) >= 11 is 1.17. The summed E-state index contributed by atoms with van der Waals surface area (Å²) in [6.07, 6.45) is -3.55. The van der Waals surface area contributed by atoms with Crippen LogP contribution >= 0.6 is 36.2 Å². The third kappa shape index (κ3) is 5.13. The van der Waals surface area contributed by atoms with Crippen LogP contribution in [-0.4, -0.2) is 34.9 Å². The zero-order valence-corrected chi connectivity index (χ0v) is 16.9. The number of nitrogens with two attached hydrogens (primary N) is 1. The van der Waals surface area contributed by atoms with Crippen molar-refractivity contribution >= 4 is 42.1 Å². The van der Waals surface area contributed by atoms with E-state index in [4.69, 9.17) is 5.73 Å². The van der Waals surface area contributed by atoms with Crippen molar-refractivity contribution in [2.75, 3.05) is 13.1 Å². The van der Waals surface area contributed by atoms with Crippen molar-refractivity contribution in [1.29, 1.82) is 0 Å². The summed E-state index contributed by atoms with van der Waals surface area (Å²) in [5.41, 5.74) is 5.57. The van der Waals surface area contributed by atoms with Gasteiger partial charge in [-0.25, -0.2) is 4.98 Å². The van der Waals surface area contributed by atoms with Crippen molar-refractivity contribution < 1.29 is 18.0 Å². The number of hydrogen-bond donors (Lipinski definition) is 1. The van der Waals surface area contributed by atoms with Gasteiger partial charge in [0.15, 0.2) is 0 Å². The van der Waals surface area contributed by atoms with Crippen LogP contribution in [0.15, 0.2) is 29.6 Å². The maximum Gasteiger partial charge on any atom is 0.416 e. The zero-order valence-electron chi connectivity index (χ0n) is 14.4. The lowest BCUT2D eigenvalue weighted by Crippen LogP contribution is -2.34. The monoisotopic (exact) mass is 441 g/mol. The van der Waals surface area contributed by atoms with Gasteiger partial charge in [0.1, 0.15) is 10.7 Å². The third-order valence-corrected chi connectivity index (χ3v) is 5.31. The maximum absolute atomic E-state index is 12.8. The van der Waals surface area contributed by atoms with E-state index in [1.807, 2.05) is 6.92 Å². The number of amides is 1. The van der Waals surface area contributed by atoms with Crippen LogP contribution in [0.5, 0.6) is 0 Å². The molecule has 1 amide bonds. The Morgan fingerprint density at radius 3 is 2.67 bits per heavy atom. The number of nitrogens with zero attached hydrogens (tertiary/aromatic N) is 2. The van der Waals surface area contributed by atoms with Crippen LogP contribution < -0.4 is 5.73 Å². The molecule has 0 spiro atoms. The predicted octanol–water partition coefficient (Wildman–Crippen LogP) is 4.48. The van der Waals surface area contributed by atoms with Crippen molar-refractivity contribution in [1.82, 2.24) is 9.88 Å². The average molecular weight is 442 g/mol. The molecule has 1 aromatic heterocycles. The van der Waals surface area contributed by atoms with Crippen LogP contribution in [0.25, 0.3) is 10.6 Å². The van der Waals surface area contributed by atoms with Gasteiger partial charge >= 0.3 is 6.18 Å². The minimum absolute atomic E-state index is 0. The van der Waals surface area contributed by atoms with Crippen molar-refractivity contribution in [2.45, 2.75) is 25.6 Å². The molecule has 3 rings (SSSR count). The molecule has 1 saturated heterocycles. The smallest absolute Gasteiger partial charge is 0.334 e. The Labute approximate surface area is 171 Å². The molecule has 0 bridgehead atoms. The van der Waals surface area contributed by atoms with E-state index in [1.54, 1.807) is 16.3 Å². The molecule has 0 aliphatic carbocycles. The fourth-order valence-electron chi connectivity index (χ4n) is 3.08. The van der Waals surface area contributed by atoms with Crippen LogP contribution in [0.4, 0.5) is 13.2 Å². The fraction of sp³-hybridized carbons (Fsp3) is 0.412. The highest BCUT2D eigenvalue weighted by atomic mass is 35.5. The van der Waals surface area contributed by atoms with Crippen molar-refractivity contribution in [3.05, 3.63) is 40.9 Å². The summed E-state index contributed by atoms with van der Waals surface area (Å²) in [5.74, 6) is 0.0819. The lowest BCUT2D eigenvalue weighted by atomic mass is 10.1. The molecular formula is C17H20Cl2F3N3OS. The van der Waals surface area contributed by atoms with E-state index in [2.05, 4.69) is 4.98 Å². The topological polar surface area (TPSA) is 59.2 Å². The van der Waals surface area contributed by atoms with Gasteiger partial charge < -0.3 is 10.6 Å². The molecule has 2 atom stereocenters. The molecule has 1 fully saturated rings. The van der Waals surface area contributed by atoms with Crippen molar-refractivity contribution in [3.63, 3.8) is 0 Å². The number of thiazole rings is 1. The number of hydrogen-bond acceptors (Lipinski definition) is 4. The molecule has 0 saturated carbocycles. The normalized spacial score (nSPS) is 19.4. The molecule has 150 valence electrons. The van der Waals surface area contributed by atoms with Gasteiger partial charge in [0.25, 0.3) is 5.91 Å². The standard InChI is InChI=1S/C17H18F3N3OS.2ClH/c1-10-5-11(7-21)8-23(10)16(24)14-9-25-15(22-14)12-3-2-4-13(6-12)17(18,19)20;;/h2-4,6,9-11H,5,7-8,21H2,1H3;2*1H. The molecule has 27 heavy (non-hydrogen) atoms. The van der Waals surface area contributed by atoms with Crippen molar-refractivity contribution in [2.24, 2.45) is 11.7 Å². The molecule has 1 aliphatic rings. The summed E-state index contributed by atoms with van der Waals surface area (Å²) in [7, 11) is 0. The lowest BCUT2D eigenvalue weighted by molar-refractivity contribution is -0.137. The van der Waals surface area contributed by atoms with E-state index in [0.29, 0.717) is 23.7 Å². The Kier molecular flexibility index (Phi) is 8.10. The number of benzene rings is 1. The highest BCUT2D eigenvalue weighted by molar-refractivity contribution is 7.13. The Morgan fingerprint density at radius 2 is 2.07 bits per heavy atom. The highest BCUT2D eigenvalue weighted by Gasteiger charge is 2.33. The fourth-order valence-corrected chi connectivity index (χ4v) is 3.87. The van der Waals surface area contributed by atoms with E-state index in [-0.39, 0.29) is 48.4 Å². The van der Waals surface area contributed by atoms with Gasteiger partial charge in [-0.1, -0.05) is 12.1 Å². The number of alkyl halides is 3. The average Bonchev–Trinajstić information content (AvgIpc) is 3.20. The first kappa shape index (κ1) is 23.7. The van der Waals surface area contributed by atoms with Crippen LogP contribution in [0.3, 0.4) is 0 Å². The first-order chi connectivity index (χ1) is 11.8. The largest absolute Gasteiger partial charge is 0.416 e. The van der Waals surface area contributed by atoms with E-state index in [1.165, 1.54) is 17.4 Å². The van der Waals surface area contributed by atoms with E-state index < -0.39 is 11.7 Å². The first-order valence-corrected chi connectivity index (χ1v) is 8.81. The molecule has 0 radical (unpaired) electrons. The molecule has 2 unspecified atom stereocenters. The minimum Gasteiger partial charge on any atom is -0.334 e. The van der Waals surface area contributed by atoms with Gasteiger partial charge in [-0.05, 0) is 37.9 Å². The maximum atomic E-state index is 12.8. The molecule has 2 N–H and O–H groups in total. The highest BCUT2D eigenvalue weighted by Crippen LogP contribution is 2.33. The van der Waals surface area contributed by atoms with Gasteiger partial charge in [-0.15, -0.1) is 36.2 Å². The molecule has 4 nitrogen and oxygen atoms in total. The van der Waals surface area contributed by atoms with E-state index >= 15 is 0 Å². The van der Waals surface area contributed by atoms with Gasteiger partial charge in [-0.3, -0.25) is 4.79 Å². The number of halogens is 5. The van der Waals surface area contributed by atoms with Crippen molar-refractivity contribution in [3.8, 4) is 10.6 Å². The lowest BCUT2D eigenvalue weighted by Gasteiger charge is -2.20. The van der Waals surface area contributed by atoms with E-state index in [9.17, 15) is 18.0 Å². The third-order valence-electron chi connectivity index (χ3n) is 4.42. The SMILES string of the molecule is CC1CC(CN)CN1C(=O)c1csc(-c2cccc(C(F)(F)F)c2)n1.Cl.Cl. The van der Waals surface area contributed by atoms with Gasteiger partial charge in [0.05, 0.1) is 5.56 Å². The van der Waals surface area contributed by atoms with Gasteiger partial charge in [0, 0.05) is 23.5 Å². The summed E-state index contributed by atoms with van der Waals surface area (Å²) in [6, 6.07) is 5.05. The summed E-state index contributed by atoms with van der Waals surface area (Å²) in [6.45, 7) is 3.08. The molecule has 10 heteroatoms. The Morgan fingerprint density at radius 1 is 1.37 bits per heavy atom. The summed E-state index contributed by atoms with van der Waals surface area (Å²) < 4.78 is 38.5. The second-order valence-corrected chi connectivity index (χ2v) is 7.12. The zero-order chi connectivity index (χ0) is 18.2. The molecule has 2 aromatic rings. The first-order valence-electron chi connectivity index (χ1n) is 7.93. The van der Waals surface area contributed by atoms with Crippen LogP contribution in [0.1, 0.15) is 29.4 Å². The molecule has 1 aliphatic heterocycles. The van der Waals surface area contributed by atoms with Crippen LogP contribution in [0.2, 0.25) is 0 Å². The number of carbonyl (C=O) groups excluding carboxylic acids is 1. The van der Waals surface area contributed by atoms with Crippen LogP contribution in [-0.2, 0) is 6.18 Å². The number of likely N-dealkylation sites (tertiary alicyclic amines) is 1. The summed E-state index contributed by atoms with van der Waals surface area (Å²) in [4.78, 5) is 18.6. The minimum atomic E-state index is -4.41. The second kappa shape index (κ2) is 9.23. The number of aromatic nitrogens is 1. The Hall–Kier alpha value is -1.35. The van der Waals surface area contributed by atoms with Gasteiger partial charge in [-0.2, -0.15) is 13.2 Å². The Balaban J connectivity index is 0.00000182. The molecule has 2 heterocycles. The summed E-state index contributed by atoms with van der Waals surface area (Å²) in [5, 5.41) is 2.00. The second-order valence-electron chi connectivity index (χ2n) is 6.26. The predicted molar refractivity (Wildman–Crippen MR) is 105 cm³/mol.